The maximum Gasteiger partial charge on any atom is 0.220 e. The van der Waals surface area contributed by atoms with Crippen molar-refractivity contribution in [3.63, 3.8) is 0 Å². The van der Waals surface area contributed by atoms with E-state index in [4.69, 9.17) is 9.47 Å². The van der Waals surface area contributed by atoms with Gasteiger partial charge in [-0.25, -0.2) is 0 Å². The molecule has 2 rings (SSSR count). The molecule has 0 aromatic heterocycles. The summed E-state index contributed by atoms with van der Waals surface area (Å²) in [6.07, 6.45) is 8.54. The van der Waals surface area contributed by atoms with Crippen LogP contribution < -0.4 is 5.32 Å². The van der Waals surface area contributed by atoms with Crippen molar-refractivity contribution in [2.45, 2.75) is 89.9 Å². The fourth-order valence-electron chi connectivity index (χ4n) is 3.67. The highest BCUT2D eigenvalue weighted by Crippen LogP contribution is 2.29. The van der Waals surface area contributed by atoms with E-state index in [-0.39, 0.29) is 17.9 Å². The van der Waals surface area contributed by atoms with Gasteiger partial charge in [0.05, 0.1) is 12.2 Å². The molecule has 138 valence electrons. The highest BCUT2D eigenvalue weighted by atomic mass is 16.5. The summed E-state index contributed by atoms with van der Waals surface area (Å²) < 4.78 is 11.5. The minimum Gasteiger partial charge on any atom is -0.379 e. The smallest absolute Gasteiger partial charge is 0.220 e. The van der Waals surface area contributed by atoms with Gasteiger partial charge < -0.3 is 14.8 Å². The molecule has 0 radical (unpaired) electrons. The molecule has 0 aromatic rings. The molecule has 0 spiro atoms. The largest absolute Gasteiger partial charge is 0.379 e. The van der Waals surface area contributed by atoms with E-state index in [2.05, 4.69) is 5.32 Å². The number of carbonyl (C=O) groups is 2. The molecule has 2 saturated carbocycles. The first kappa shape index (κ1) is 19.4. The topological polar surface area (TPSA) is 64.6 Å². The van der Waals surface area contributed by atoms with Gasteiger partial charge in [0.2, 0.25) is 5.91 Å². The molecule has 24 heavy (non-hydrogen) atoms. The molecule has 0 aromatic carbocycles. The summed E-state index contributed by atoms with van der Waals surface area (Å²) in [4.78, 5) is 23.4. The molecule has 1 N–H and O–H groups in total. The Kier molecular flexibility index (Phi) is 8.19. The first-order valence-electron chi connectivity index (χ1n) is 9.67. The van der Waals surface area contributed by atoms with Gasteiger partial charge in [-0.3, -0.25) is 9.59 Å². The predicted octanol–water partition coefficient (Wildman–Crippen LogP) is 3.00. The Morgan fingerprint density at radius 2 is 1.62 bits per heavy atom. The Bertz CT molecular complexity index is 398. The summed E-state index contributed by atoms with van der Waals surface area (Å²) in [6.45, 7) is 5.38. The molecule has 1 amide bonds. The summed E-state index contributed by atoms with van der Waals surface area (Å²) in [6, 6.07) is 0.202. The Morgan fingerprint density at radius 1 is 1.00 bits per heavy atom. The van der Waals surface area contributed by atoms with Crippen LogP contribution in [0.3, 0.4) is 0 Å². The van der Waals surface area contributed by atoms with Crippen LogP contribution in [0.1, 0.15) is 71.6 Å². The van der Waals surface area contributed by atoms with Crippen molar-refractivity contribution >= 4 is 11.7 Å². The Hall–Kier alpha value is -0.940. The van der Waals surface area contributed by atoms with Crippen molar-refractivity contribution in [2.75, 3.05) is 13.2 Å². The summed E-state index contributed by atoms with van der Waals surface area (Å²) in [5.41, 5.74) is 0. The van der Waals surface area contributed by atoms with E-state index in [1.165, 1.54) is 0 Å². The van der Waals surface area contributed by atoms with Crippen LogP contribution in [-0.4, -0.2) is 43.2 Å². The third-order valence-electron chi connectivity index (χ3n) is 5.23. The van der Waals surface area contributed by atoms with E-state index < -0.39 is 0 Å². The number of Topliss-reactive ketones (excluding diaryl/α,β-unsaturated/α-hetero) is 1. The van der Waals surface area contributed by atoms with Gasteiger partial charge in [0.15, 0.2) is 0 Å². The number of amides is 1. The first-order valence-corrected chi connectivity index (χ1v) is 9.67. The molecule has 0 bridgehead atoms. The van der Waals surface area contributed by atoms with Crippen LogP contribution in [0.4, 0.5) is 0 Å². The lowest BCUT2D eigenvalue weighted by Crippen LogP contribution is -2.46. The van der Waals surface area contributed by atoms with E-state index in [1.807, 2.05) is 13.8 Å². The van der Waals surface area contributed by atoms with E-state index in [1.54, 1.807) is 0 Å². The van der Waals surface area contributed by atoms with Gasteiger partial charge in [-0.05, 0) is 51.9 Å². The Morgan fingerprint density at radius 3 is 2.21 bits per heavy atom. The normalized spacial score (nSPS) is 29.8. The highest BCUT2D eigenvalue weighted by molar-refractivity contribution is 5.82. The van der Waals surface area contributed by atoms with Crippen LogP contribution in [0.2, 0.25) is 0 Å². The monoisotopic (exact) mass is 339 g/mol. The van der Waals surface area contributed by atoms with Gasteiger partial charge in [-0.2, -0.15) is 0 Å². The predicted molar refractivity (Wildman–Crippen MR) is 92.8 cm³/mol. The van der Waals surface area contributed by atoms with Crippen molar-refractivity contribution in [3.8, 4) is 0 Å². The highest BCUT2D eigenvalue weighted by Gasteiger charge is 2.34. The second kappa shape index (κ2) is 10.1. The fourth-order valence-corrected chi connectivity index (χ4v) is 3.67. The van der Waals surface area contributed by atoms with Crippen LogP contribution in [0.5, 0.6) is 0 Å². The lowest BCUT2D eigenvalue weighted by atomic mass is 9.77. The minimum absolute atomic E-state index is 0.0889. The first-order chi connectivity index (χ1) is 11.6. The maximum atomic E-state index is 11.9. The third-order valence-corrected chi connectivity index (χ3v) is 5.23. The molecular formula is C19H33NO4. The van der Waals surface area contributed by atoms with Gasteiger partial charge in [-0.1, -0.05) is 6.92 Å². The van der Waals surface area contributed by atoms with Crippen LogP contribution in [0.15, 0.2) is 0 Å². The molecule has 0 unspecified atom stereocenters. The SMILES string of the molecule is CCOC1CCC(OCCCC(=O)NC2CC(C(=O)CC)C2)CC1. The average molecular weight is 339 g/mol. The number of hydrogen-bond donors (Lipinski definition) is 1. The number of ether oxygens (including phenoxy) is 2. The Labute approximate surface area is 145 Å². The summed E-state index contributed by atoms with van der Waals surface area (Å²) in [5, 5.41) is 3.02. The van der Waals surface area contributed by atoms with Gasteiger partial charge in [0.1, 0.15) is 5.78 Å². The van der Waals surface area contributed by atoms with E-state index in [0.717, 1.165) is 51.6 Å². The zero-order valence-corrected chi connectivity index (χ0v) is 15.2. The van der Waals surface area contributed by atoms with Crippen molar-refractivity contribution in [3.05, 3.63) is 0 Å². The molecule has 0 aliphatic heterocycles. The van der Waals surface area contributed by atoms with Gasteiger partial charge in [0, 0.05) is 38.0 Å². The zero-order chi connectivity index (χ0) is 17.4. The molecule has 0 heterocycles. The van der Waals surface area contributed by atoms with Crippen LogP contribution in [-0.2, 0) is 19.1 Å². The number of hydrogen-bond acceptors (Lipinski definition) is 4. The average Bonchev–Trinajstić information content (AvgIpc) is 2.55. The summed E-state index contributed by atoms with van der Waals surface area (Å²) in [7, 11) is 0. The summed E-state index contributed by atoms with van der Waals surface area (Å²) in [5.74, 6) is 0.592. The molecule has 2 aliphatic carbocycles. The second-order valence-corrected chi connectivity index (χ2v) is 7.08. The maximum absolute atomic E-state index is 11.9. The molecule has 2 aliphatic rings. The second-order valence-electron chi connectivity index (χ2n) is 7.08. The van der Waals surface area contributed by atoms with Crippen molar-refractivity contribution in [1.29, 1.82) is 0 Å². The van der Waals surface area contributed by atoms with E-state index in [0.29, 0.717) is 37.4 Å². The number of ketones is 1. The molecular weight excluding hydrogens is 306 g/mol. The van der Waals surface area contributed by atoms with Crippen LogP contribution in [0.25, 0.3) is 0 Å². The standard InChI is InChI=1S/C19H33NO4/c1-3-18(21)14-12-15(13-14)20-19(22)6-5-11-24-17-9-7-16(8-10-17)23-4-2/h14-17H,3-13H2,1-2H3,(H,20,22). The molecule has 5 heteroatoms. The molecule has 0 saturated heterocycles. The van der Waals surface area contributed by atoms with Crippen molar-refractivity contribution in [1.82, 2.24) is 5.32 Å². The summed E-state index contributed by atoms with van der Waals surface area (Å²) >= 11 is 0. The van der Waals surface area contributed by atoms with Crippen molar-refractivity contribution in [2.24, 2.45) is 5.92 Å². The molecule has 2 fully saturated rings. The fraction of sp³-hybridized carbons (Fsp3) is 0.895. The Balaban J connectivity index is 1.47. The lowest BCUT2D eigenvalue weighted by molar-refractivity contribution is -0.129. The van der Waals surface area contributed by atoms with Crippen LogP contribution in [0, 0.1) is 5.92 Å². The van der Waals surface area contributed by atoms with Gasteiger partial charge in [-0.15, -0.1) is 0 Å². The third kappa shape index (κ3) is 6.17. The van der Waals surface area contributed by atoms with Crippen molar-refractivity contribution < 1.29 is 19.1 Å². The minimum atomic E-state index is 0.0889. The number of carbonyl (C=O) groups excluding carboxylic acids is 2. The van der Waals surface area contributed by atoms with E-state index in [9.17, 15) is 9.59 Å². The van der Waals surface area contributed by atoms with Crippen LogP contribution >= 0.6 is 0 Å². The van der Waals surface area contributed by atoms with Gasteiger partial charge >= 0.3 is 0 Å². The number of rotatable bonds is 10. The van der Waals surface area contributed by atoms with Gasteiger partial charge in [0.25, 0.3) is 0 Å². The molecule has 5 nitrogen and oxygen atoms in total. The molecule has 0 atom stereocenters. The quantitative estimate of drug-likeness (QED) is 0.621. The lowest BCUT2D eigenvalue weighted by Gasteiger charge is -2.34. The van der Waals surface area contributed by atoms with E-state index >= 15 is 0 Å². The zero-order valence-electron chi connectivity index (χ0n) is 15.2. The number of nitrogens with one attached hydrogen (secondary N) is 1.